The van der Waals surface area contributed by atoms with Crippen molar-refractivity contribution in [1.82, 2.24) is 9.97 Å². The summed E-state index contributed by atoms with van der Waals surface area (Å²) in [4.78, 5) is 8.90. The molecular weight excluding hydrogens is 305 g/mol. The van der Waals surface area contributed by atoms with Crippen LogP contribution in [0.4, 0.5) is 11.6 Å². The number of halogens is 2. The molecule has 1 aromatic heterocycles. The number of nitrogens with one attached hydrogen (secondary N) is 1. The first-order chi connectivity index (χ1) is 10.0. The van der Waals surface area contributed by atoms with Crippen molar-refractivity contribution in [3.63, 3.8) is 0 Å². The highest BCUT2D eigenvalue weighted by Gasteiger charge is 2.05. The van der Waals surface area contributed by atoms with Gasteiger partial charge < -0.3 is 5.32 Å². The molecule has 2 aromatic carbocycles. The molecule has 0 fully saturated rings. The average Bonchev–Trinajstić information content (AvgIpc) is 2.38. The molecule has 3 aromatic rings. The Kier molecular flexibility index (Phi) is 3.70. The minimum Gasteiger partial charge on any atom is -0.324 e. The van der Waals surface area contributed by atoms with E-state index in [2.05, 4.69) is 34.3 Å². The summed E-state index contributed by atoms with van der Waals surface area (Å²) in [5.74, 6) is 0.521. The molecule has 0 aliphatic rings. The first kappa shape index (κ1) is 14.1. The van der Waals surface area contributed by atoms with E-state index in [0.717, 1.165) is 22.2 Å². The van der Waals surface area contributed by atoms with E-state index in [4.69, 9.17) is 23.2 Å². The molecule has 0 atom stereocenters. The smallest absolute Gasteiger partial charge is 0.227 e. The summed E-state index contributed by atoms with van der Waals surface area (Å²) >= 11 is 12.0. The van der Waals surface area contributed by atoms with Gasteiger partial charge in [-0.3, -0.25) is 0 Å². The number of nitrogens with zero attached hydrogens (tertiary/aromatic N) is 2. The van der Waals surface area contributed by atoms with E-state index in [1.807, 2.05) is 13.1 Å². The van der Waals surface area contributed by atoms with E-state index in [1.54, 1.807) is 18.2 Å². The fraction of sp³-hybridized carbons (Fsp3) is 0.125. The number of anilines is 2. The lowest BCUT2D eigenvalue weighted by Gasteiger charge is -2.08. The Hall–Kier alpha value is -1.84. The van der Waals surface area contributed by atoms with Gasteiger partial charge in [-0.2, -0.15) is 0 Å². The van der Waals surface area contributed by atoms with Gasteiger partial charge in [0, 0.05) is 27.3 Å². The fourth-order valence-corrected chi connectivity index (χ4v) is 2.85. The number of benzene rings is 2. The number of rotatable bonds is 2. The zero-order chi connectivity index (χ0) is 15.0. The molecule has 106 valence electrons. The van der Waals surface area contributed by atoms with Crippen LogP contribution in [0.25, 0.3) is 10.9 Å². The molecular formula is C16H13Cl2N3. The molecule has 0 spiro atoms. The van der Waals surface area contributed by atoms with E-state index < -0.39 is 0 Å². The average molecular weight is 318 g/mol. The van der Waals surface area contributed by atoms with Gasteiger partial charge >= 0.3 is 0 Å². The minimum atomic E-state index is 0.521. The summed E-state index contributed by atoms with van der Waals surface area (Å²) in [5.41, 5.74) is 4.02. The van der Waals surface area contributed by atoms with Crippen molar-refractivity contribution in [2.24, 2.45) is 0 Å². The normalized spacial score (nSPS) is 10.9. The van der Waals surface area contributed by atoms with Crippen LogP contribution in [0.15, 0.2) is 36.5 Å². The van der Waals surface area contributed by atoms with Gasteiger partial charge in [0.05, 0.1) is 5.52 Å². The third kappa shape index (κ3) is 3.09. The maximum absolute atomic E-state index is 5.99. The molecule has 0 saturated carbocycles. The Balaban J connectivity index is 2.01. The topological polar surface area (TPSA) is 37.8 Å². The molecule has 3 nitrogen and oxygen atoms in total. The quantitative estimate of drug-likeness (QED) is 0.697. The molecule has 1 N–H and O–H groups in total. The molecule has 1 heterocycles. The zero-order valence-electron chi connectivity index (χ0n) is 11.6. The third-order valence-corrected chi connectivity index (χ3v) is 3.57. The Bertz CT molecular complexity index is 811. The molecule has 0 radical (unpaired) electrons. The Morgan fingerprint density at radius 3 is 2.38 bits per heavy atom. The number of fused-ring (bicyclic) bond motifs is 1. The molecule has 0 bridgehead atoms. The summed E-state index contributed by atoms with van der Waals surface area (Å²) in [7, 11) is 0. The largest absolute Gasteiger partial charge is 0.324 e. The van der Waals surface area contributed by atoms with E-state index in [1.165, 1.54) is 5.56 Å². The van der Waals surface area contributed by atoms with Crippen LogP contribution < -0.4 is 5.32 Å². The molecule has 21 heavy (non-hydrogen) atoms. The van der Waals surface area contributed by atoms with Gasteiger partial charge in [-0.15, -0.1) is 0 Å². The van der Waals surface area contributed by atoms with Gasteiger partial charge in [0.25, 0.3) is 0 Å². The van der Waals surface area contributed by atoms with E-state index in [0.29, 0.717) is 16.0 Å². The predicted octanol–water partition coefficient (Wildman–Crippen LogP) is 5.30. The molecule has 5 heteroatoms. The Morgan fingerprint density at radius 2 is 1.67 bits per heavy atom. The number of aryl methyl sites for hydroxylation is 2. The molecule has 0 amide bonds. The van der Waals surface area contributed by atoms with Gasteiger partial charge in [-0.25, -0.2) is 9.97 Å². The van der Waals surface area contributed by atoms with Crippen LogP contribution in [0.3, 0.4) is 0 Å². The Labute approximate surface area is 132 Å². The first-order valence-electron chi connectivity index (χ1n) is 6.48. The summed E-state index contributed by atoms with van der Waals surface area (Å²) < 4.78 is 0. The second kappa shape index (κ2) is 5.51. The molecule has 0 saturated heterocycles. The standard InChI is InChI=1S/C16H13Cl2N3/c1-9-3-10(2)15-11(4-9)8-19-16(21-15)20-14-6-12(17)5-13(18)7-14/h3-8H,1-2H3,(H,19,20,21). The van der Waals surface area contributed by atoms with Crippen LogP contribution in [-0.2, 0) is 0 Å². The highest BCUT2D eigenvalue weighted by atomic mass is 35.5. The highest BCUT2D eigenvalue weighted by Crippen LogP contribution is 2.25. The van der Waals surface area contributed by atoms with Crippen molar-refractivity contribution < 1.29 is 0 Å². The second-order valence-corrected chi connectivity index (χ2v) is 5.87. The molecule has 0 aliphatic carbocycles. The number of hydrogen-bond donors (Lipinski definition) is 1. The number of hydrogen-bond acceptors (Lipinski definition) is 3. The lowest BCUT2D eigenvalue weighted by Crippen LogP contribution is -1.98. The van der Waals surface area contributed by atoms with Gasteiger partial charge in [0.2, 0.25) is 5.95 Å². The summed E-state index contributed by atoms with van der Waals surface area (Å²) in [6.07, 6.45) is 1.82. The van der Waals surface area contributed by atoms with E-state index in [-0.39, 0.29) is 0 Å². The Morgan fingerprint density at radius 1 is 0.952 bits per heavy atom. The van der Waals surface area contributed by atoms with Crippen LogP contribution in [0.2, 0.25) is 10.0 Å². The van der Waals surface area contributed by atoms with Crippen LogP contribution >= 0.6 is 23.2 Å². The van der Waals surface area contributed by atoms with Crippen LogP contribution in [0.1, 0.15) is 11.1 Å². The summed E-state index contributed by atoms with van der Waals surface area (Å²) in [6, 6.07) is 9.42. The maximum Gasteiger partial charge on any atom is 0.227 e. The predicted molar refractivity (Wildman–Crippen MR) is 88.8 cm³/mol. The van der Waals surface area contributed by atoms with Crippen molar-refractivity contribution in [3.05, 3.63) is 57.7 Å². The first-order valence-corrected chi connectivity index (χ1v) is 7.24. The third-order valence-electron chi connectivity index (χ3n) is 3.14. The lowest BCUT2D eigenvalue weighted by atomic mass is 10.1. The van der Waals surface area contributed by atoms with Gasteiger partial charge in [-0.05, 0) is 43.7 Å². The van der Waals surface area contributed by atoms with Gasteiger partial charge in [-0.1, -0.05) is 34.8 Å². The van der Waals surface area contributed by atoms with Gasteiger partial charge in [0.1, 0.15) is 0 Å². The molecule has 0 unspecified atom stereocenters. The van der Waals surface area contributed by atoms with Crippen LogP contribution in [-0.4, -0.2) is 9.97 Å². The summed E-state index contributed by atoms with van der Waals surface area (Å²) in [5, 5.41) is 5.29. The monoisotopic (exact) mass is 317 g/mol. The van der Waals surface area contributed by atoms with E-state index >= 15 is 0 Å². The van der Waals surface area contributed by atoms with E-state index in [9.17, 15) is 0 Å². The highest BCUT2D eigenvalue weighted by molar-refractivity contribution is 6.35. The van der Waals surface area contributed by atoms with Crippen LogP contribution in [0.5, 0.6) is 0 Å². The SMILES string of the molecule is Cc1cc(C)c2nc(Nc3cc(Cl)cc(Cl)c3)ncc2c1. The maximum atomic E-state index is 5.99. The fourth-order valence-electron chi connectivity index (χ4n) is 2.32. The van der Waals surface area contributed by atoms with Gasteiger partial charge in [0.15, 0.2) is 0 Å². The van der Waals surface area contributed by atoms with Crippen molar-refractivity contribution in [1.29, 1.82) is 0 Å². The molecule has 0 aliphatic heterocycles. The second-order valence-electron chi connectivity index (χ2n) is 5.00. The zero-order valence-corrected chi connectivity index (χ0v) is 13.1. The minimum absolute atomic E-state index is 0.521. The van der Waals surface area contributed by atoms with Crippen molar-refractivity contribution in [3.8, 4) is 0 Å². The van der Waals surface area contributed by atoms with Crippen molar-refractivity contribution in [2.45, 2.75) is 13.8 Å². The molecule has 3 rings (SSSR count). The van der Waals surface area contributed by atoms with Crippen molar-refractivity contribution >= 4 is 45.7 Å². The lowest BCUT2D eigenvalue weighted by molar-refractivity contribution is 1.20. The number of aromatic nitrogens is 2. The summed E-state index contributed by atoms with van der Waals surface area (Å²) in [6.45, 7) is 4.11. The van der Waals surface area contributed by atoms with Crippen LogP contribution in [0, 0.1) is 13.8 Å². The van der Waals surface area contributed by atoms with Crippen molar-refractivity contribution in [2.75, 3.05) is 5.32 Å².